The molecule has 1 atom stereocenters. The SMILES string of the molecule is Cc1nn(C)c2nc(-c3ccccc3)cc(C(=O)OC(C)C(=O)Nc3cccc(C#N)c3)c12. The van der Waals surface area contributed by atoms with Crippen LogP contribution in [0.25, 0.3) is 22.3 Å². The number of nitrogens with zero attached hydrogens (tertiary/aromatic N) is 4. The van der Waals surface area contributed by atoms with E-state index in [9.17, 15) is 9.59 Å². The Kier molecular flexibility index (Phi) is 5.87. The number of aryl methyl sites for hydroxylation is 2. The number of benzene rings is 2. The van der Waals surface area contributed by atoms with Crippen LogP contribution in [0.5, 0.6) is 0 Å². The molecule has 0 saturated carbocycles. The molecule has 0 aliphatic rings. The number of nitriles is 1. The molecule has 4 rings (SSSR count). The number of esters is 1. The van der Waals surface area contributed by atoms with E-state index >= 15 is 0 Å². The van der Waals surface area contributed by atoms with E-state index in [0.717, 1.165) is 5.56 Å². The van der Waals surface area contributed by atoms with Crippen LogP contribution in [0, 0.1) is 18.3 Å². The molecular formula is C25H21N5O3. The van der Waals surface area contributed by atoms with Gasteiger partial charge in [-0.05, 0) is 38.1 Å². The molecule has 164 valence electrons. The number of pyridine rings is 1. The number of fused-ring (bicyclic) bond motifs is 1. The Bertz CT molecular complexity index is 1400. The van der Waals surface area contributed by atoms with Crippen molar-refractivity contribution in [1.82, 2.24) is 14.8 Å². The van der Waals surface area contributed by atoms with Gasteiger partial charge in [0.2, 0.25) is 0 Å². The second-order valence-corrected chi connectivity index (χ2v) is 7.56. The summed E-state index contributed by atoms with van der Waals surface area (Å²) < 4.78 is 7.13. The smallest absolute Gasteiger partial charge is 0.339 e. The van der Waals surface area contributed by atoms with E-state index in [4.69, 9.17) is 10.00 Å². The lowest BCUT2D eigenvalue weighted by atomic mass is 10.1. The second kappa shape index (κ2) is 8.93. The molecule has 1 N–H and O–H groups in total. The molecule has 0 aliphatic heterocycles. The molecule has 0 saturated heterocycles. The number of hydrogen-bond donors (Lipinski definition) is 1. The van der Waals surface area contributed by atoms with Crippen molar-refractivity contribution in [2.45, 2.75) is 20.0 Å². The lowest BCUT2D eigenvalue weighted by Gasteiger charge is -2.15. The summed E-state index contributed by atoms with van der Waals surface area (Å²) in [6.07, 6.45) is -1.07. The van der Waals surface area contributed by atoms with Crippen LogP contribution in [0.2, 0.25) is 0 Å². The molecule has 2 aromatic carbocycles. The van der Waals surface area contributed by atoms with Crippen molar-refractivity contribution < 1.29 is 14.3 Å². The van der Waals surface area contributed by atoms with E-state index in [0.29, 0.717) is 33.7 Å². The summed E-state index contributed by atoms with van der Waals surface area (Å²) in [5, 5.41) is 16.7. The Labute approximate surface area is 190 Å². The van der Waals surface area contributed by atoms with Gasteiger partial charge in [-0.15, -0.1) is 0 Å². The molecular weight excluding hydrogens is 418 g/mol. The third-order valence-corrected chi connectivity index (χ3v) is 5.17. The third-order valence-electron chi connectivity index (χ3n) is 5.17. The molecule has 0 aliphatic carbocycles. The van der Waals surface area contributed by atoms with E-state index < -0.39 is 18.0 Å². The molecule has 0 spiro atoms. The molecule has 0 fully saturated rings. The summed E-state index contributed by atoms with van der Waals surface area (Å²) in [6, 6.07) is 19.7. The Morgan fingerprint density at radius 1 is 1.12 bits per heavy atom. The first-order chi connectivity index (χ1) is 15.9. The van der Waals surface area contributed by atoms with Crippen LogP contribution >= 0.6 is 0 Å². The first-order valence-corrected chi connectivity index (χ1v) is 10.3. The van der Waals surface area contributed by atoms with Crippen LogP contribution in [0.3, 0.4) is 0 Å². The van der Waals surface area contributed by atoms with Crippen LogP contribution in [-0.2, 0) is 16.6 Å². The zero-order valence-electron chi connectivity index (χ0n) is 18.4. The predicted octanol–water partition coefficient (Wildman–Crippen LogP) is 4.00. The fourth-order valence-corrected chi connectivity index (χ4v) is 3.55. The van der Waals surface area contributed by atoms with Gasteiger partial charge >= 0.3 is 5.97 Å². The summed E-state index contributed by atoms with van der Waals surface area (Å²) in [5.74, 6) is -1.15. The quantitative estimate of drug-likeness (QED) is 0.471. The highest BCUT2D eigenvalue weighted by Crippen LogP contribution is 2.27. The summed E-state index contributed by atoms with van der Waals surface area (Å²) in [6.45, 7) is 3.29. The van der Waals surface area contributed by atoms with Crippen LogP contribution in [0.15, 0.2) is 60.7 Å². The number of aromatic nitrogens is 3. The predicted molar refractivity (Wildman–Crippen MR) is 123 cm³/mol. The minimum Gasteiger partial charge on any atom is -0.449 e. The van der Waals surface area contributed by atoms with Crippen LogP contribution in [0.1, 0.15) is 28.5 Å². The monoisotopic (exact) mass is 439 g/mol. The zero-order chi connectivity index (χ0) is 23.5. The van der Waals surface area contributed by atoms with Gasteiger partial charge in [0.1, 0.15) is 0 Å². The van der Waals surface area contributed by atoms with E-state index in [-0.39, 0.29) is 5.56 Å². The van der Waals surface area contributed by atoms with Crippen LogP contribution in [0.4, 0.5) is 5.69 Å². The molecule has 8 nitrogen and oxygen atoms in total. The fraction of sp³-hybridized carbons (Fsp3) is 0.160. The maximum atomic E-state index is 13.2. The minimum atomic E-state index is -1.07. The molecule has 33 heavy (non-hydrogen) atoms. The van der Waals surface area contributed by atoms with E-state index in [2.05, 4.69) is 15.4 Å². The Balaban J connectivity index is 1.63. The van der Waals surface area contributed by atoms with Gasteiger partial charge in [0.25, 0.3) is 5.91 Å². The minimum absolute atomic E-state index is 0.288. The van der Waals surface area contributed by atoms with Crippen molar-refractivity contribution in [2.75, 3.05) is 5.32 Å². The summed E-state index contributed by atoms with van der Waals surface area (Å²) in [4.78, 5) is 30.4. The van der Waals surface area contributed by atoms with Crippen molar-refractivity contribution in [3.63, 3.8) is 0 Å². The summed E-state index contributed by atoms with van der Waals surface area (Å²) in [5.41, 5.74) is 3.78. The number of amides is 1. The zero-order valence-corrected chi connectivity index (χ0v) is 18.4. The van der Waals surface area contributed by atoms with Gasteiger partial charge in [0.15, 0.2) is 11.8 Å². The number of nitrogens with one attached hydrogen (secondary N) is 1. The first kappa shape index (κ1) is 21.7. The average molecular weight is 439 g/mol. The van der Waals surface area contributed by atoms with Gasteiger partial charge in [0.05, 0.1) is 34.0 Å². The Morgan fingerprint density at radius 3 is 2.61 bits per heavy atom. The number of ether oxygens (including phenoxy) is 1. The van der Waals surface area contributed by atoms with Gasteiger partial charge in [-0.1, -0.05) is 36.4 Å². The summed E-state index contributed by atoms with van der Waals surface area (Å²) >= 11 is 0. The molecule has 2 heterocycles. The number of carbonyl (C=O) groups is 2. The molecule has 1 unspecified atom stereocenters. The highest BCUT2D eigenvalue weighted by molar-refractivity contribution is 6.06. The van der Waals surface area contributed by atoms with Gasteiger partial charge in [0, 0.05) is 18.3 Å². The van der Waals surface area contributed by atoms with Crippen molar-refractivity contribution in [3.05, 3.63) is 77.5 Å². The summed E-state index contributed by atoms with van der Waals surface area (Å²) in [7, 11) is 1.76. The van der Waals surface area contributed by atoms with Crippen molar-refractivity contribution in [1.29, 1.82) is 5.26 Å². The highest BCUT2D eigenvalue weighted by Gasteiger charge is 2.24. The average Bonchev–Trinajstić information content (AvgIpc) is 3.12. The highest BCUT2D eigenvalue weighted by atomic mass is 16.5. The number of hydrogen-bond acceptors (Lipinski definition) is 6. The largest absolute Gasteiger partial charge is 0.449 e. The second-order valence-electron chi connectivity index (χ2n) is 7.56. The van der Waals surface area contributed by atoms with Crippen molar-refractivity contribution in [2.24, 2.45) is 7.05 Å². The molecule has 2 aromatic heterocycles. The Morgan fingerprint density at radius 2 is 1.88 bits per heavy atom. The van der Waals surface area contributed by atoms with Gasteiger partial charge in [-0.25, -0.2) is 9.78 Å². The Hall–Kier alpha value is -4.51. The number of carbonyl (C=O) groups excluding carboxylic acids is 2. The van der Waals surface area contributed by atoms with E-state index in [1.807, 2.05) is 36.4 Å². The van der Waals surface area contributed by atoms with Gasteiger partial charge in [-0.2, -0.15) is 10.4 Å². The van der Waals surface area contributed by atoms with Gasteiger partial charge < -0.3 is 10.1 Å². The van der Waals surface area contributed by atoms with Crippen LogP contribution in [-0.4, -0.2) is 32.7 Å². The lowest BCUT2D eigenvalue weighted by molar-refractivity contribution is -0.123. The number of rotatable bonds is 5. The maximum Gasteiger partial charge on any atom is 0.339 e. The maximum absolute atomic E-state index is 13.2. The van der Waals surface area contributed by atoms with E-state index in [1.54, 1.807) is 49.0 Å². The molecule has 1 amide bonds. The molecule has 4 aromatic rings. The topological polar surface area (TPSA) is 110 Å². The molecule has 8 heteroatoms. The third kappa shape index (κ3) is 4.43. The normalized spacial score (nSPS) is 11.6. The lowest BCUT2D eigenvalue weighted by Crippen LogP contribution is -2.30. The molecule has 0 bridgehead atoms. The van der Waals surface area contributed by atoms with Crippen LogP contribution < -0.4 is 5.32 Å². The van der Waals surface area contributed by atoms with Crippen molar-refractivity contribution >= 4 is 28.6 Å². The fourth-order valence-electron chi connectivity index (χ4n) is 3.55. The van der Waals surface area contributed by atoms with Crippen molar-refractivity contribution in [3.8, 4) is 17.3 Å². The standard InChI is InChI=1S/C25H21N5O3/c1-15-22-20(13-21(18-9-5-4-6-10-18)28-23(22)30(3)29-15)25(32)33-16(2)24(31)27-19-11-7-8-17(12-19)14-26/h4-13,16H,1-3H3,(H,27,31). The first-order valence-electron chi connectivity index (χ1n) is 10.3. The number of anilines is 1. The molecule has 0 radical (unpaired) electrons. The van der Waals surface area contributed by atoms with Gasteiger partial charge in [-0.3, -0.25) is 9.48 Å². The van der Waals surface area contributed by atoms with E-state index in [1.165, 1.54) is 6.92 Å².